The molecule has 0 radical (unpaired) electrons. The van der Waals surface area contributed by atoms with E-state index in [1.54, 1.807) is 0 Å². The third-order valence-corrected chi connectivity index (χ3v) is 4.35. The van der Waals surface area contributed by atoms with Crippen LogP contribution < -0.4 is 10.5 Å². The zero-order valence-electron chi connectivity index (χ0n) is 12.0. The molecular weight excluding hydrogens is 252 g/mol. The predicted molar refractivity (Wildman–Crippen MR) is 79.9 cm³/mol. The van der Waals surface area contributed by atoms with Crippen molar-refractivity contribution in [1.29, 1.82) is 0 Å². The molecule has 0 amide bonds. The number of morpholine rings is 1. The van der Waals surface area contributed by atoms with E-state index < -0.39 is 0 Å². The number of ether oxygens (including phenoxy) is 2. The van der Waals surface area contributed by atoms with Crippen LogP contribution in [0.5, 0.6) is 5.75 Å². The van der Waals surface area contributed by atoms with Crippen LogP contribution in [-0.2, 0) is 4.74 Å². The third-order valence-electron chi connectivity index (χ3n) is 4.35. The Kier molecular flexibility index (Phi) is 4.43. The summed E-state index contributed by atoms with van der Waals surface area (Å²) in [6.45, 7) is 3.58. The van der Waals surface area contributed by atoms with E-state index in [1.165, 1.54) is 25.7 Å². The summed E-state index contributed by atoms with van der Waals surface area (Å²) < 4.78 is 11.7. The Morgan fingerprint density at radius 1 is 1.30 bits per heavy atom. The highest BCUT2D eigenvalue weighted by molar-refractivity contribution is 5.43. The van der Waals surface area contributed by atoms with Gasteiger partial charge in [-0.2, -0.15) is 0 Å². The maximum absolute atomic E-state index is 5.89. The molecule has 110 valence electrons. The average molecular weight is 276 g/mol. The number of nitrogens with zero attached hydrogens (tertiary/aromatic N) is 1. The SMILES string of the molecule is Nc1cccc(OCCN2CCOC3CCCCC32)c1. The minimum Gasteiger partial charge on any atom is -0.492 e. The molecule has 0 aromatic heterocycles. The standard InChI is InChI=1S/C16H24N2O2/c17-13-4-3-5-14(12-13)19-10-8-18-9-11-20-16-7-2-1-6-15(16)18/h3-5,12,15-16H,1-2,6-11,17H2. The van der Waals surface area contributed by atoms with Crippen LogP contribution in [0.15, 0.2) is 24.3 Å². The van der Waals surface area contributed by atoms with Crippen molar-refractivity contribution in [2.45, 2.75) is 37.8 Å². The fraction of sp³-hybridized carbons (Fsp3) is 0.625. The van der Waals surface area contributed by atoms with Crippen LogP contribution >= 0.6 is 0 Å². The van der Waals surface area contributed by atoms with Gasteiger partial charge in [0.2, 0.25) is 0 Å². The molecule has 1 saturated carbocycles. The zero-order chi connectivity index (χ0) is 13.8. The van der Waals surface area contributed by atoms with Gasteiger partial charge in [-0.1, -0.05) is 18.9 Å². The van der Waals surface area contributed by atoms with Gasteiger partial charge in [0.05, 0.1) is 12.7 Å². The number of hydrogen-bond acceptors (Lipinski definition) is 4. The molecular formula is C16H24N2O2. The summed E-state index contributed by atoms with van der Waals surface area (Å²) in [4.78, 5) is 2.54. The largest absolute Gasteiger partial charge is 0.492 e. The second kappa shape index (κ2) is 6.46. The van der Waals surface area contributed by atoms with Crippen molar-refractivity contribution >= 4 is 5.69 Å². The smallest absolute Gasteiger partial charge is 0.121 e. The fourth-order valence-electron chi connectivity index (χ4n) is 3.34. The summed E-state index contributed by atoms with van der Waals surface area (Å²) in [5.41, 5.74) is 6.50. The molecule has 20 heavy (non-hydrogen) atoms. The molecule has 2 aliphatic rings. The fourth-order valence-corrected chi connectivity index (χ4v) is 3.34. The molecule has 0 bridgehead atoms. The van der Waals surface area contributed by atoms with Gasteiger partial charge in [0.15, 0.2) is 0 Å². The Morgan fingerprint density at radius 3 is 3.10 bits per heavy atom. The number of benzene rings is 1. The highest BCUT2D eigenvalue weighted by Crippen LogP contribution is 2.28. The summed E-state index contributed by atoms with van der Waals surface area (Å²) >= 11 is 0. The van der Waals surface area contributed by atoms with Crippen LogP contribution in [0.4, 0.5) is 5.69 Å². The third kappa shape index (κ3) is 3.25. The van der Waals surface area contributed by atoms with E-state index in [0.29, 0.717) is 18.8 Å². The topological polar surface area (TPSA) is 47.7 Å². The van der Waals surface area contributed by atoms with Gasteiger partial charge >= 0.3 is 0 Å². The second-order valence-electron chi connectivity index (χ2n) is 5.72. The maximum Gasteiger partial charge on any atom is 0.121 e. The van der Waals surface area contributed by atoms with Crippen LogP contribution in [0, 0.1) is 0 Å². The number of hydrogen-bond donors (Lipinski definition) is 1. The first kappa shape index (κ1) is 13.7. The summed E-state index contributed by atoms with van der Waals surface area (Å²) in [6, 6.07) is 8.24. The number of fused-ring (bicyclic) bond motifs is 1. The summed E-state index contributed by atoms with van der Waals surface area (Å²) in [7, 11) is 0. The molecule has 2 N–H and O–H groups in total. The number of rotatable bonds is 4. The Morgan fingerprint density at radius 2 is 2.20 bits per heavy atom. The summed E-state index contributed by atoms with van der Waals surface area (Å²) in [6.07, 6.45) is 5.58. The van der Waals surface area contributed by atoms with Gasteiger partial charge in [-0.05, 0) is 25.0 Å². The molecule has 4 heteroatoms. The lowest BCUT2D eigenvalue weighted by Crippen LogP contribution is -2.53. The van der Waals surface area contributed by atoms with Gasteiger partial charge in [-0.3, -0.25) is 4.90 Å². The van der Waals surface area contributed by atoms with Gasteiger partial charge in [-0.15, -0.1) is 0 Å². The van der Waals surface area contributed by atoms with Gasteiger partial charge in [0, 0.05) is 30.9 Å². The Balaban J connectivity index is 1.50. The highest BCUT2D eigenvalue weighted by atomic mass is 16.5. The van der Waals surface area contributed by atoms with Crippen LogP contribution in [0.2, 0.25) is 0 Å². The first-order valence-electron chi connectivity index (χ1n) is 7.67. The number of nitrogen functional groups attached to an aromatic ring is 1. The van der Waals surface area contributed by atoms with Crippen LogP contribution in [-0.4, -0.2) is 43.3 Å². The highest BCUT2D eigenvalue weighted by Gasteiger charge is 2.33. The van der Waals surface area contributed by atoms with Crippen LogP contribution in [0.3, 0.4) is 0 Å². The van der Waals surface area contributed by atoms with E-state index in [2.05, 4.69) is 4.90 Å². The van der Waals surface area contributed by atoms with E-state index in [-0.39, 0.29) is 0 Å². The van der Waals surface area contributed by atoms with Crippen LogP contribution in [0.1, 0.15) is 25.7 Å². The van der Waals surface area contributed by atoms with Crippen molar-refractivity contribution in [3.8, 4) is 5.75 Å². The average Bonchev–Trinajstić information content (AvgIpc) is 2.48. The summed E-state index contributed by atoms with van der Waals surface area (Å²) in [5, 5.41) is 0. The molecule has 2 atom stereocenters. The lowest BCUT2D eigenvalue weighted by atomic mass is 9.90. The van der Waals surface area contributed by atoms with Gasteiger partial charge < -0.3 is 15.2 Å². The minimum absolute atomic E-state index is 0.449. The first-order valence-corrected chi connectivity index (χ1v) is 7.67. The Bertz CT molecular complexity index is 436. The van der Waals surface area contributed by atoms with E-state index in [9.17, 15) is 0 Å². The van der Waals surface area contributed by atoms with E-state index in [4.69, 9.17) is 15.2 Å². The van der Waals surface area contributed by atoms with Crippen molar-refractivity contribution < 1.29 is 9.47 Å². The first-order chi connectivity index (χ1) is 9.83. The zero-order valence-corrected chi connectivity index (χ0v) is 12.0. The summed E-state index contributed by atoms with van der Waals surface area (Å²) in [5.74, 6) is 0.860. The monoisotopic (exact) mass is 276 g/mol. The molecule has 3 rings (SSSR count). The molecule has 2 fully saturated rings. The second-order valence-corrected chi connectivity index (χ2v) is 5.72. The van der Waals surface area contributed by atoms with E-state index >= 15 is 0 Å². The van der Waals surface area contributed by atoms with Crippen molar-refractivity contribution in [2.75, 3.05) is 32.0 Å². The molecule has 1 aromatic carbocycles. The molecule has 1 aliphatic heterocycles. The Hall–Kier alpha value is -1.26. The number of anilines is 1. The van der Waals surface area contributed by atoms with Crippen molar-refractivity contribution in [3.05, 3.63) is 24.3 Å². The number of nitrogens with two attached hydrogens (primary N) is 1. The maximum atomic E-state index is 5.89. The minimum atomic E-state index is 0.449. The lowest BCUT2D eigenvalue weighted by molar-refractivity contribution is -0.0901. The lowest BCUT2D eigenvalue weighted by Gasteiger charge is -2.43. The molecule has 1 aliphatic carbocycles. The Labute approximate surface area is 120 Å². The van der Waals surface area contributed by atoms with Crippen molar-refractivity contribution in [1.82, 2.24) is 4.90 Å². The molecule has 0 spiro atoms. The van der Waals surface area contributed by atoms with E-state index in [1.807, 2.05) is 24.3 Å². The normalized spacial score (nSPS) is 27.0. The predicted octanol–water partition coefficient (Wildman–Crippen LogP) is 2.29. The molecule has 1 saturated heterocycles. The molecule has 2 unspecified atom stereocenters. The van der Waals surface area contributed by atoms with Crippen LogP contribution in [0.25, 0.3) is 0 Å². The van der Waals surface area contributed by atoms with E-state index in [0.717, 1.165) is 31.1 Å². The molecule has 1 aromatic rings. The van der Waals surface area contributed by atoms with Gasteiger partial charge in [0.25, 0.3) is 0 Å². The van der Waals surface area contributed by atoms with Crippen molar-refractivity contribution in [3.63, 3.8) is 0 Å². The van der Waals surface area contributed by atoms with Gasteiger partial charge in [0.1, 0.15) is 12.4 Å². The van der Waals surface area contributed by atoms with Gasteiger partial charge in [-0.25, -0.2) is 0 Å². The molecule has 4 nitrogen and oxygen atoms in total. The molecule has 1 heterocycles. The van der Waals surface area contributed by atoms with Crippen molar-refractivity contribution in [2.24, 2.45) is 0 Å². The quantitative estimate of drug-likeness (QED) is 0.857.